The average Bonchev–Trinajstić information content (AvgIpc) is 3.20. The zero-order valence-corrected chi connectivity index (χ0v) is 14.2. The molecule has 2 aliphatic rings. The predicted molar refractivity (Wildman–Crippen MR) is 94.4 cm³/mol. The van der Waals surface area contributed by atoms with Gasteiger partial charge in [0.1, 0.15) is 0 Å². The molecule has 1 aliphatic carbocycles. The van der Waals surface area contributed by atoms with Crippen LogP contribution in [0.2, 0.25) is 0 Å². The molecule has 0 spiro atoms. The Labute approximate surface area is 145 Å². The zero-order chi connectivity index (χ0) is 17.2. The fraction of sp³-hybridized carbons (Fsp3) is 0.500. The smallest absolute Gasteiger partial charge is 0.338 e. The van der Waals surface area contributed by atoms with E-state index >= 15 is 0 Å². The number of aromatic nitrogens is 3. The van der Waals surface area contributed by atoms with Crippen LogP contribution in [0.25, 0.3) is 5.65 Å². The summed E-state index contributed by atoms with van der Waals surface area (Å²) in [4.78, 5) is 26.4. The van der Waals surface area contributed by atoms with E-state index in [0.717, 1.165) is 25.9 Å². The number of hydrogen-bond donors (Lipinski definition) is 1. The fourth-order valence-corrected chi connectivity index (χ4v) is 3.83. The standard InChI is InChI=1S/C18H23N5O2/c24-17(21-12-14-6-1-2-7-15(14)13-21)19-9-5-11-23-18(25)22-10-4-3-8-16(22)20-23/h1-4,8,10,14-15H,5-7,9,11-13H2,(H,19,24)/t14-,15-/m0/s1. The number of hydrogen-bond acceptors (Lipinski definition) is 3. The van der Waals surface area contributed by atoms with E-state index in [9.17, 15) is 9.59 Å². The number of urea groups is 1. The van der Waals surface area contributed by atoms with Crippen molar-refractivity contribution in [2.75, 3.05) is 19.6 Å². The second-order valence-corrected chi connectivity index (χ2v) is 6.89. The van der Waals surface area contributed by atoms with Crippen LogP contribution in [0.1, 0.15) is 19.3 Å². The van der Waals surface area contributed by atoms with Gasteiger partial charge < -0.3 is 10.2 Å². The molecule has 0 bridgehead atoms. The maximum Gasteiger partial charge on any atom is 0.350 e. The summed E-state index contributed by atoms with van der Waals surface area (Å²) in [5.74, 6) is 1.24. The van der Waals surface area contributed by atoms with Crippen molar-refractivity contribution in [2.24, 2.45) is 11.8 Å². The minimum Gasteiger partial charge on any atom is -0.338 e. The number of fused-ring (bicyclic) bond motifs is 2. The molecule has 2 aromatic heterocycles. The molecular formula is C18H23N5O2. The van der Waals surface area contributed by atoms with Crippen LogP contribution in [0.4, 0.5) is 4.79 Å². The first-order valence-electron chi connectivity index (χ1n) is 8.94. The first kappa shape index (κ1) is 15.9. The number of carbonyl (C=O) groups excluding carboxylic acids is 1. The molecule has 132 valence electrons. The molecule has 0 radical (unpaired) electrons. The third-order valence-corrected chi connectivity index (χ3v) is 5.22. The molecule has 4 rings (SSSR count). The van der Waals surface area contributed by atoms with Crippen LogP contribution in [0.3, 0.4) is 0 Å². The molecular weight excluding hydrogens is 318 g/mol. The van der Waals surface area contributed by atoms with E-state index in [4.69, 9.17) is 0 Å². The highest BCUT2D eigenvalue weighted by Crippen LogP contribution is 2.32. The van der Waals surface area contributed by atoms with Crippen LogP contribution in [-0.2, 0) is 6.54 Å². The number of aryl methyl sites for hydroxylation is 1. The molecule has 25 heavy (non-hydrogen) atoms. The van der Waals surface area contributed by atoms with E-state index in [2.05, 4.69) is 22.6 Å². The molecule has 1 N–H and O–H groups in total. The summed E-state index contributed by atoms with van der Waals surface area (Å²) in [6.07, 6.45) is 9.03. The maximum atomic E-state index is 12.3. The van der Waals surface area contributed by atoms with Crippen molar-refractivity contribution >= 4 is 11.7 Å². The lowest BCUT2D eigenvalue weighted by atomic mass is 9.86. The van der Waals surface area contributed by atoms with Gasteiger partial charge in [-0.25, -0.2) is 14.3 Å². The lowest BCUT2D eigenvalue weighted by Crippen LogP contribution is -2.39. The number of nitrogens with zero attached hydrogens (tertiary/aromatic N) is 4. The fourth-order valence-electron chi connectivity index (χ4n) is 3.83. The molecule has 7 heteroatoms. The van der Waals surface area contributed by atoms with E-state index < -0.39 is 0 Å². The van der Waals surface area contributed by atoms with Gasteiger partial charge in [-0.05, 0) is 43.2 Å². The van der Waals surface area contributed by atoms with Crippen molar-refractivity contribution in [3.63, 3.8) is 0 Å². The van der Waals surface area contributed by atoms with Crippen LogP contribution in [0.5, 0.6) is 0 Å². The largest absolute Gasteiger partial charge is 0.350 e. The molecule has 3 heterocycles. The second kappa shape index (κ2) is 6.74. The van der Waals surface area contributed by atoms with Gasteiger partial charge in [-0.15, -0.1) is 5.10 Å². The highest BCUT2D eigenvalue weighted by atomic mass is 16.2. The van der Waals surface area contributed by atoms with Gasteiger partial charge in [0.05, 0.1) is 0 Å². The number of nitrogens with one attached hydrogen (secondary N) is 1. The van der Waals surface area contributed by atoms with Gasteiger partial charge in [0.2, 0.25) is 0 Å². The summed E-state index contributed by atoms with van der Waals surface area (Å²) in [6.45, 7) is 2.75. The van der Waals surface area contributed by atoms with Gasteiger partial charge in [-0.3, -0.25) is 4.40 Å². The summed E-state index contributed by atoms with van der Waals surface area (Å²) in [5, 5.41) is 7.27. The molecule has 2 amide bonds. The zero-order valence-electron chi connectivity index (χ0n) is 14.2. The van der Waals surface area contributed by atoms with Gasteiger partial charge in [-0.2, -0.15) is 0 Å². The van der Waals surface area contributed by atoms with E-state index in [0.29, 0.717) is 37.0 Å². The normalized spacial score (nSPS) is 22.3. The van der Waals surface area contributed by atoms with E-state index in [1.54, 1.807) is 12.3 Å². The average molecular weight is 341 g/mol. The van der Waals surface area contributed by atoms with Crippen molar-refractivity contribution < 1.29 is 4.79 Å². The van der Waals surface area contributed by atoms with Crippen molar-refractivity contribution in [1.29, 1.82) is 0 Å². The number of amides is 2. The van der Waals surface area contributed by atoms with Crippen LogP contribution < -0.4 is 11.0 Å². The number of rotatable bonds is 4. The van der Waals surface area contributed by atoms with Gasteiger partial charge in [-0.1, -0.05) is 18.2 Å². The highest BCUT2D eigenvalue weighted by molar-refractivity contribution is 5.74. The maximum absolute atomic E-state index is 12.3. The molecule has 0 saturated carbocycles. The molecule has 1 fully saturated rings. The van der Waals surface area contributed by atoms with E-state index in [1.807, 2.05) is 17.0 Å². The first-order valence-corrected chi connectivity index (χ1v) is 8.94. The van der Waals surface area contributed by atoms with Crippen molar-refractivity contribution in [2.45, 2.75) is 25.8 Å². The predicted octanol–water partition coefficient (Wildman–Crippen LogP) is 1.49. The molecule has 2 aromatic rings. The Bertz CT molecular complexity index is 837. The Balaban J connectivity index is 1.26. The van der Waals surface area contributed by atoms with E-state index in [1.165, 1.54) is 9.08 Å². The second-order valence-electron chi connectivity index (χ2n) is 6.89. The summed E-state index contributed by atoms with van der Waals surface area (Å²) in [6, 6.07) is 5.48. The summed E-state index contributed by atoms with van der Waals surface area (Å²) < 4.78 is 2.98. The van der Waals surface area contributed by atoms with Gasteiger partial charge in [0.25, 0.3) is 0 Å². The minimum absolute atomic E-state index is 0.0109. The van der Waals surface area contributed by atoms with E-state index in [-0.39, 0.29) is 11.7 Å². The monoisotopic (exact) mass is 341 g/mol. The number of allylic oxidation sites excluding steroid dienone is 2. The molecule has 1 saturated heterocycles. The number of pyridine rings is 1. The summed E-state index contributed by atoms with van der Waals surface area (Å²) >= 11 is 0. The van der Waals surface area contributed by atoms with Crippen LogP contribution in [0.15, 0.2) is 41.3 Å². The van der Waals surface area contributed by atoms with Crippen molar-refractivity contribution in [3.8, 4) is 0 Å². The van der Waals surface area contributed by atoms with Crippen molar-refractivity contribution in [3.05, 3.63) is 47.0 Å². The Morgan fingerprint density at radius 1 is 1.20 bits per heavy atom. The third-order valence-electron chi connectivity index (χ3n) is 5.22. The van der Waals surface area contributed by atoms with Gasteiger partial charge >= 0.3 is 11.7 Å². The quantitative estimate of drug-likeness (QED) is 0.676. The summed E-state index contributed by atoms with van der Waals surface area (Å²) in [5.41, 5.74) is 0.503. The Hall–Kier alpha value is -2.57. The highest BCUT2D eigenvalue weighted by Gasteiger charge is 2.34. The van der Waals surface area contributed by atoms with Gasteiger partial charge in [0, 0.05) is 32.4 Å². The SMILES string of the molecule is O=C(NCCCn1nc2ccccn2c1=O)N1C[C@@H]2CC=CC[C@H]2C1. The first-order chi connectivity index (χ1) is 12.2. The Morgan fingerprint density at radius 3 is 2.68 bits per heavy atom. The Kier molecular flexibility index (Phi) is 4.29. The lowest BCUT2D eigenvalue weighted by molar-refractivity contribution is 0.206. The number of likely N-dealkylation sites (tertiary alicyclic amines) is 1. The molecule has 1 aliphatic heterocycles. The molecule has 7 nitrogen and oxygen atoms in total. The molecule has 0 unspecified atom stereocenters. The topological polar surface area (TPSA) is 71.6 Å². The molecule has 0 aromatic carbocycles. The minimum atomic E-state index is -0.141. The van der Waals surface area contributed by atoms with Crippen LogP contribution in [0, 0.1) is 11.8 Å². The van der Waals surface area contributed by atoms with Crippen LogP contribution in [-0.4, -0.2) is 44.7 Å². The third kappa shape index (κ3) is 3.18. The number of carbonyl (C=O) groups is 1. The van der Waals surface area contributed by atoms with Crippen LogP contribution >= 0.6 is 0 Å². The molecule has 2 atom stereocenters. The Morgan fingerprint density at radius 2 is 1.96 bits per heavy atom. The summed E-state index contributed by atoms with van der Waals surface area (Å²) in [7, 11) is 0. The lowest BCUT2D eigenvalue weighted by Gasteiger charge is -2.17. The van der Waals surface area contributed by atoms with Crippen molar-refractivity contribution in [1.82, 2.24) is 24.4 Å². The van der Waals surface area contributed by atoms with Gasteiger partial charge in [0.15, 0.2) is 5.65 Å².